The normalized spacial score (nSPS) is 15.3. The molecule has 0 rings (SSSR count). The van der Waals surface area contributed by atoms with Gasteiger partial charge in [0.25, 0.3) is 0 Å². The van der Waals surface area contributed by atoms with Gasteiger partial charge in [0.15, 0.2) is 0 Å². The van der Waals surface area contributed by atoms with Crippen LogP contribution in [-0.4, -0.2) is 18.3 Å². The first-order valence-corrected chi connectivity index (χ1v) is 5.28. The largest absolute Gasteiger partial charge is 0.309 e. The highest BCUT2D eigenvalue weighted by atomic mass is 35.5. The van der Waals surface area contributed by atoms with Gasteiger partial charge in [-0.25, -0.2) is 0 Å². The Morgan fingerprint density at radius 3 is 2.33 bits per heavy atom. The highest BCUT2D eigenvalue weighted by Gasteiger charge is 2.22. The Bertz CT molecular complexity index is 256. The fraction of sp³-hybridized carbons (Fsp3) is 0.857. The van der Waals surface area contributed by atoms with Crippen molar-refractivity contribution in [1.29, 1.82) is 0 Å². The zero-order chi connectivity index (χ0) is 9.78. The second-order valence-electron chi connectivity index (χ2n) is 2.84. The van der Waals surface area contributed by atoms with Crippen LogP contribution >= 0.6 is 11.6 Å². The van der Waals surface area contributed by atoms with Gasteiger partial charge in [-0.05, 0) is 19.8 Å². The molecule has 0 amide bonds. The molecule has 1 unspecified atom stereocenters. The van der Waals surface area contributed by atoms with Crippen LogP contribution in [0.4, 0.5) is 0 Å². The maximum absolute atomic E-state index is 10.7. The molecular weight excluding hydrogens is 198 g/mol. The molecule has 0 bridgehead atoms. The third-order valence-corrected chi connectivity index (χ3v) is 2.87. The van der Waals surface area contributed by atoms with Gasteiger partial charge in [0.1, 0.15) is 5.00 Å². The Labute approximate surface area is 79.4 Å². The molecule has 0 heterocycles. The third-order valence-electron chi connectivity index (χ3n) is 1.50. The molecule has 0 fully saturated rings. The van der Waals surface area contributed by atoms with Gasteiger partial charge < -0.3 is 5.73 Å². The third kappa shape index (κ3) is 4.09. The number of hydrogen-bond donors (Lipinski definition) is 1. The minimum atomic E-state index is -2.26. The minimum Gasteiger partial charge on any atom is -0.309 e. The Morgan fingerprint density at radius 1 is 1.58 bits per heavy atom. The second kappa shape index (κ2) is 4.84. The molecule has 2 N–H and O–H groups in total. The van der Waals surface area contributed by atoms with Crippen molar-refractivity contribution in [1.82, 2.24) is 0 Å². The summed E-state index contributed by atoms with van der Waals surface area (Å²) < 4.78 is 21.3. The molecule has 0 radical (unpaired) electrons. The van der Waals surface area contributed by atoms with E-state index >= 15 is 0 Å². The van der Waals surface area contributed by atoms with Crippen LogP contribution in [0, 0.1) is 0 Å². The predicted octanol–water partition coefficient (Wildman–Crippen LogP) is 1.14. The lowest BCUT2D eigenvalue weighted by atomic mass is 10.1. The van der Waals surface area contributed by atoms with Crippen LogP contribution < -0.4 is 5.73 Å². The van der Waals surface area contributed by atoms with Crippen molar-refractivity contribution < 1.29 is 8.42 Å². The molecule has 5 heteroatoms. The average molecular weight is 212 g/mol. The van der Waals surface area contributed by atoms with E-state index in [0.29, 0.717) is 6.42 Å². The van der Waals surface area contributed by atoms with Gasteiger partial charge in [-0.1, -0.05) is 24.9 Å². The molecule has 0 aliphatic carbocycles. The van der Waals surface area contributed by atoms with Gasteiger partial charge >= 0.3 is 0 Å². The maximum Gasteiger partial charge on any atom is 0.216 e. The summed E-state index contributed by atoms with van der Waals surface area (Å²) in [5, 5.41) is 0. The van der Waals surface area contributed by atoms with Crippen molar-refractivity contribution in [2.45, 2.75) is 38.1 Å². The minimum absolute atomic E-state index is 0.186. The van der Waals surface area contributed by atoms with Gasteiger partial charge in [0, 0.05) is 0 Å². The molecule has 1 atom stereocenters. The molecule has 0 aromatic heterocycles. The maximum atomic E-state index is 10.7. The number of nitrogens with two attached hydrogens (primary N) is 1. The summed E-state index contributed by atoms with van der Waals surface area (Å²) >= 11 is 5.68. The molecule has 0 saturated carbocycles. The van der Waals surface area contributed by atoms with Crippen LogP contribution in [0.3, 0.4) is 0 Å². The number of alkyl halides is 1. The summed E-state index contributed by atoms with van der Waals surface area (Å²) in [4.78, 5) is -1.05. The van der Waals surface area contributed by atoms with Gasteiger partial charge in [0.05, 0.1) is 4.86 Å². The second-order valence-corrected chi connectivity index (χ2v) is 4.58. The van der Waals surface area contributed by atoms with Gasteiger partial charge in [-0.3, -0.25) is 0 Å². The Kier molecular flexibility index (Phi) is 4.82. The van der Waals surface area contributed by atoms with Crippen LogP contribution in [0.25, 0.3) is 0 Å². The van der Waals surface area contributed by atoms with Crippen LogP contribution in [0.1, 0.15) is 33.1 Å². The Hall–Kier alpha value is -0.0600. The molecule has 0 aromatic carbocycles. The summed E-state index contributed by atoms with van der Waals surface area (Å²) in [5.41, 5.74) is 5.46. The quantitative estimate of drug-likeness (QED) is 0.431. The highest BCUT2D eigenvalue weighted by Crippen LogP contribution is 2.12. The molecule has 0 aromatic rings. The SMILES string of the molecule is CCCCC(=S(=O)=O)C(C)(N)Cl. The first-order chi connectivity index (χ1) is 5.39. The number of unbranched alkanes of at least 4 members (excludes halogenated alkanes) is 1. The molecule has 0 aliphatic rings. The van der Waals surface area contributed by atoms with Crippen molar-refractivity contribution in [3.63, 3.8) is 0 Å². The zero-order valence-electron chi connectivity index (χ0n) is 7.30. The van der Waals surface area contributed by atoms with Crippen molar-refractivity contribution in [2.75, 3.05) is 0 Å². The van der Waals surface area contributed by atoms with Crippen LogP contribution in [0.5, 0.6) is 0 Å². The Morgan fingerprint density at radius 2 is 2.08 bits per heavy atom. The first kappa shape index (κ1) is 11.9. The molecule has 12 heavy (non-hydrogen) atoms. The van der Waals surface area contributed by atoms with E-state index in [4.69, 9.17) is 17.3 Å². The van der Waals surface area contributed by atoms with Crippen molar-refractivity contribution in [3.05, 3.63) is 0 Å². The van der Waals surface area contributed by atoms with E-state index in [0.717, 1.165) is 12.8 Å². The number of rotatable bonds is 4. The molecule has 72 valence electrons. The van der Waals surface area contributed by atoms with Crippen LogP contribution in [-0.2, 0) is 10.3 Å². The summed E-state index contributed by atoms with van der Waals surface area (Å²) in [7, 11) is -2.26. The summed E-state index contributed by atoms with van der Waals surface area (Å²) in [6.07, 6.45) is 2.17. The van der Waals surface area contributed by atoms with Gasteiger partial charge in [-0.2, -0.15) is 8.42 Å². The van der Waals surface area contributed by atoms with Gasteiger partial charge in [-0.15, -0.1) is 0 Å². The van der Waals surface area contributed by atoms with E-state index in [1.165, 1.54) is 6.92 Å². The molecule has 0 aliphatic heterocycles. The highest BCUT2D eigenvalue weighted by molar-refractivity contribution is 7.73. The van der Waals surface area contributed by atoms with Crippen molar-refractivity contribution >= 4 is 26.8 Å². The summed E-state index contributed by atoms with van der Waals surface area (Å²) in [6.45, 7) is 3.46. The fourth-order valence-electron chi connectivity index (χ4n) is 0.828. The average Bonchev–Trinajstić information content (AvgIpc) is 1.84. The summed E-state index contributed by atoms with van der Waals surface area (Å²) in [6, 6.07) is 0. The lowest BCUT2D eigenvalue weighted by Crippen LogP contribution is -2.39. The van der Waals surface area contributed by atoms with Crippen LogP contribution in [0.15, 0.2) is 0 Å². The van der Waals surface area contributed by atoms with E-state index < -0.39 is 15.3 Å². The van der Waals surface area contributed by atoms with Gasteiger partial charge in [0.2, 0.25) is 10.3 Å². The first-order valence-electron chi connectivity index (χ1n) is 3.83. The zero-order valence-corrected chi connectivity index (χ0v) is 8.87. The number of hydrogen-bond acceptors (Lipinski definition) is 3. The van der Waals surface area contributed by atoms with E-state index in [-0.39, 0.29) is 4.86 Å². The van der Waals surface area contributed by atoms with E-state index in [2.05, 4.69) is 0 Å². The Balaban J connectivity index is 4.62. The molecule has 3 nitrogen and oxygen atoms in total. The van der Waals surface area contributed by atoms with E-state index in [9.17, 15) is 8.42 Å². The van der Waals surface area contributed by atoms with Crippen LogP contribution in [0.2, 0.25) is 0 Å². The summed E-state index contributed by atoms with van der Waals surface area (Å²) in [5.74, 6) is 0. The lowest BCUT2D eigenvalue weighted by Gasteiger charge is -2.15. The fourth-order valence-corrected chi connectivity index (χ4v) is 1.75. The van der Waals surface area contributed by atoms with E-state index in [1.54, 1.807) is 0 Å². The smallest absolute Gasteiger partial charge is 0.216 e. The number of halogens is 1. The lowest BCUT2D eigenvalue weighted by molar-refractivity contribution is 0.625. The monoisotopic (exact) mass is 211 g/mol. The molecular formula is C7H14ClNO2S. The molecule has 0 saturated heterocycles. The topological polar surface area (TPSA) is 60.2 Å². The van der Waals surface area contributed by atoms with Crippen molar-refractivity contribution in [2.24, 2.45) is 5.73 Å². The van der Waals surface area contributed by atoms with Crippen molar-refractivity contribution in [3.8, 4) is 0 Å². The van der Waals surface area contributed by atoms with E-state index in [1.807, 2.05) is 6.92 Å². The standard InChI is InChI=1S/C7H14ClNO2S/c1-3-4-5-6(12(10)11)7(2,8)9/h3-5,9H2,1-2H3. The molecule has 0 spiro atoms. The predicted molar refractivity (Wildman–Crippen MR) is 51.9 cm³/mol.